The molecule has 4 heterocycles. The molecule has 0 saturated carbocycles. The van der Waals surface area contributed by atoms with Crippen molar-refractivity contribution in [1.82, 2.24) is 30.1 Å². The van der Waals surface area contributed by atoms with Crippen LogP contribution in [-0.4, -0.2) is 56.5 Å². The Morgan fingerprint density at radius 3 is 2.65 bits per heavy atom. The van der Waals surface area contributed by atoms with E-state index in [0.29, 0.717) is 51.5 Å². The van der Waals surface area contributed by atoms with Gasteiger partial charge in [0.25, 0.3) is 0 Å². The number of carbonyl (C=O) groups is 1. The Labute approximate surface area is 246 Å². The first-order valence-electron chi connectivity index (χ1n) is 13.7. The largest absolute Gasteiger partial charge is 0.336 e. The molecule has 4 aromatic heterocycles. The van der Waals surface area contributed by atoms with Gasteiger partial charge in [-0.3, -0.25) is 19.9 Å². The van der Waals surface area contributed by atoms with Crippen molar-refractivity contribution in [2.24, 2.45) is 0 Å². The van der Waals surface area contributed by atoms with E-state index in [4.69, 9.17) is 4.98 Å². The zero-order valence-corrected chi connectivity index (χ0v) is 24.3. The molecule has 0 atom stereocenters. The molecule has 0 radical (unpaired) electrons. The SMILES string of the molecule is CCCC(=O)Nc1cncc(-c2ccc3[nH]nc(-c4nc5c(-c6cc(F)cc(CCS(C)(=O)=O)c6)nccc5[nH]4)c3c2)c1. The van der Waals surface area contributed by atoms with Crippen LogP contribution < -0.4 is 5.32 Å². The first-order valence-corrected chi connectivity index (χ1v) is 15.8. The Morgan fingerprint density at radius 2 is 1.84 bits per heavy atom. The number of carbonyl (C=O) groups excluding carboxylic acids is 1. The summed E-state index contributed by atoms with van der Waals surface area (Å²) in [7, 11) is -3.20. The zero-order valence-electron chi connectivity index (χ0n) is 23.5. The molecule has 0 aliphatic carbocycles. The highest BCUT2D eigenvalue weighted by molar-refractivity contribution is 7.90. The second kappa shape index (κ2) is 11.4. The fourth-order valence-electron chi connectivity index (χ4n) is 4.98. The Balaban J connectivity index is 1.37. The highest BCUT2D eigenvalue weighted by atomic mass is 32.2. The van der Waals surface area contributed by atoms with E-state index in [1.54, 1.807) is 30.7 Å². The van der Waals surface area contributed by atoms with Gasteiger partial charge < -0.3 is 10.3 Å². The molecule has 0 fully saturated rings. The average molecular weight is 598 g/mol. The number of halogens is 1. The standard InChI is InChI=1S/C31H28FN7O3S/c1-3-4-27(40)35-23-14-21(16-33-17-23)19-5-6-25-24(15-19)29(39-38-25)31-36-26-7-9-34-28(30(26)37-31)20-11-18(12-22(32)13-20)8-10-43(2,41)42/h5-7,9,11-17H,3-4,8,10H2,1-2H3,(H,35,40)(H,36,37)(H,38,39). The molecule has 10 nitrogen and oxygen atoms in total. The van der Waals surface area contributed by atoms with Gasteiger partial charge in [0.2, 0.25) is 5.91 Å². The van der Waals surface area contributed by atoms with Crippen molar-refractivity contribution in [3.63, 3.8) is 0 Å². The van der Waals surface area contributed by atoms with Crippen molar-refractivity contribution in [2.45, 2.75) is 26.2 Å². The number of pyridine rings is 2. The highest BCUT2D eigenvalue weighted by Crippen LogP contribution is 2.33. The summed E-state index contributed by atoms with van der Waals surface area (Å²) in [5.74, 6) is -0.122. The summed E-state index contributed by atoms with van der Waals surface area (Å²) in [6, 6.07) is 14.0. The molecule has 3 N–H and O–H groups in total. The maximum absolute atomic E-state index is 14.6. The first kappa shape index (κ1) is 28.2. The molecule has 0 spiro atoms. The monoisotopic (exact) mass is 597 g/mol. The molecule has 0 aliphatic rings. The molecule has 12 heteroatoms. The van der Waals surface area contributed by atoms with E-state index in [1.807, 2.05) is 31.2 Å². The van der Waals surface area contributed by atoms with E-state index in [1.165, 1.54) is 12.1 Å². The summed E-state index contributed by atoms with van der Waals surface area (Å²) in [4.78, 5) is 29.0. The van der Waals surface area contributed by atoms with Crippen LogP contribution >= 0.6 is 0 Å². The number of nitrogens with zero attached hydrogens (tertiary/aromatic N) is 4. The lowest BCUT2D eigenvalue weighted by Gasteiger charge is -2.07. The quantitative estimate of drug-likeness (QED) is 0.194. The molecule has 6 rings (SSSR count). The molecule has 43 heavy (non-hydrogen) atoms. The van der Waals surface area contributed by atoms with Crippen LogP contribution in [0.5, 0.6) is 0 Å². The third-order valence-corrected chi connectivity index (χ3v) is 7.96. The van der Waals surface area contributed by atoms with Gasteiger partial charge in [-0.05, 0) is 66.4 Å². The summed E-state index contributed by atoms with van der Waals surface area (Å²) in [6.07, 6.45) is 7.51. The van der Waals surface area contributed by atoms with E-state index in [-0.39, 0.29) is 18.1 Å². The minimum atomic E-state index is -3.20. The molecule has 6 aromatic rings. The number of aryl methyl sites for hydroxylation is 1. The van der Waals surface area contributed by atoms with Gasteiger partial charge in [0.15, 0.2) is 5.82 Å². The van der Waals surface area contributed by atoms with Crippen LogP contribution in [0.3, 0.4) is 0 Å². The topological polar surface area (TPSA) is 146 Å². The maximum atomic E-state index is 14.6. The number of benzene rings is 2. The lowest BCUT2D eigenvalue weighted by atomic mass is 10.0. The van der Waals surface area contributed by atoms with Gasteiger partial charge in [0.05, 0.1) is 34.4 Å². The van der Waals surface area contributed by atoms with Gasteiger partial charge in [0, 0.05) is 41.6 Å². The van der Waals surface area contributed by atoms with E-state index in [0.717, 1.165) is 34.7 Å². The summed E-state index contributed by atoms with van der Waals surface area (Å²) in [6.45, 7) is 1.95. The fraction of sp³-hybridized carbons (Fsp3) is 0.194. The number of fused-ring (bicyclic) bond motifs is 2. The van der Waals surface area contributed by atoms with Crippen LogP contribution in [0.15, 0.2) is 67.1 Å². The molecule has 218 valence electrons. The normalized spacial score (nSPS) is 11.8. The van der Waals surface area contributed by atoms with Gasteiger partial charge in [-0.2, -0.15) is 5.10 Å². The lowest BCUT2D eigenvalue weighted by molar-refractivity contribution is -0.116. The van der Waals surface area contributed by atoms with Gasteiger partial charge >= 0.3 is 0 Å². The predicted octanol–water partition coefficient (Wildman–Crippen LogP) is 5.70. The molecule has 2 aromatic carbocycles. The first-order chi connectivity index (χ1) is 20.7. The zero-order chi connectivity index (χ0) is 30.1. The number of hydrogen-bond acceptors (Lipinski definition) is 7. The third-order valence-electron chi connectivity index (χ3n) is 7.01. The Bertz CT molecular complexity index is 2100. The molecule has 1 amide bonds. The van der Waals surface area contributed by atoms with Gasteiger partial charge in [-0.25, -0.2) is 17.8 Å². The highest BCUT2D eigenvalue weighted by Gasteiger charge is 2.18. The van der Waals surface area contributed by atoms with Gasteiger partial charge in [-0.1, -0.05) is 13.0 Å². The van der Waals surface area contributed by atoms with E-state index < -0.39 is 15.7 Å². The number of imidazole rings is 1. The van der Waals surface area contributed by atoms with Crippen molar-refractivity contribution in [1.29, 1.82) is 0 Å². The molecular weight excluding hydrogens is 569 g/mol. The molecular formula is C31H28FN7O3S. The third kappa shape index (κ3) is 6.14. The second-order valence-corrected chi connectivity index (χ2v) is 12.7. The fourth-order valence-corrected chi connectivity index (χ4v) is 5.59. The number of sulfone groups is 1. The number of H-pyrrole nitrogens is 2. The van der Waals surface area contributed by atoms with Crippen LogP contribution in [0.4, 0.5) is 10.1 Å². The Kier molecular flexibility index (Phi) is 7.45. The number of anilines is 1. The van der Waals surface area contributed by atoms with E-state index >= 15 is 0 Å². The van der Waals surface area contributed by atoms with Crippen LogP contribution in [0.1, 0.15) is 25.3 Å². The number of amides is 1. The summed E-state index contributed by atoms with van der Waals surface area (Å²) in [5.41, 5.74) is 6.48. The van der Waals surface area contributed by atoms with Crippen LogP contribution in [0.2, 0.25) is 0 Å². The van der Waals surface area contributed by atoms with Crippen LogP contribution in [0, 0.1) is 5.82 Å². The number of rotatable bonds is 9. The van der Waals surface area contributed by atoms with Crippen molar-refractivity contribution in [3.8, 4) is 33.9 Å². The van der Waals surface area contributed by atoms with Crippen LogP contribution in [0.25, 0.3) is 55.8 Å². The maximum Gasteiger partial charge on any atom is 0.224 e. The smallest absolute Gasteiger partial charge is 0.224 e. The van der Waals surface area contributed by atoms with Crippen molar-refractivity contribution in [3.05, 3.63) is 78.5 Å². The minimum absolute atomic E-state index is 0.0591. The van der Waals surface area contributed by atoms with Crippen molar-refractivity contribution in [2.75, 3.05) is 17.3 Å². The van der Waals surface area contributed by atoms with Crippen molar-refractivity contribution < 1.29 is 17.6 Å². The summed E-state index contributed by atoms with van der Waals surface area (Å²) >= 11 is 0. The van der Waals surface area contributed by atoms with Gasteiger partial charge in [-0.15, -0.1) is 0 Å². The predicted molar refractivity (Wildman–Crippen MR) is 165 cm³/mol. The summed E-state index contributed by atoms with van der Waals surface area (Å²) in [5, 5.41) is 11.3. The Morgan fingerprint density at radius 1 is 0.977 bits per heavy atom. The minimum Gasteiger partial charge on any atom is -0.336 e. The van der Waals surface area contributed by atoms with Crippen LogP contribution in [-0.2, 0) is 21.1 Å². The van der Waals surface area contributed by atoms with Gasteiger partial charge in [0.1, 0.15) is 26.9 Å². The lowest BCUT2D eigenvalue weighted by Crippen LogP contribution is -2.10. The number of nitrogens with one attached hydrogen (secondary N) is 3. The van der Waals surface area contributed by atoms with E-state index in [9.17, 15) is 17.6 Å². The van der Waals surface area contributed by atoms with E-state index in [2.05, 4.69) is 30.5 Å². The molecule has 0 saturated heterocycles. The molecule has 0 aliphatic heterocycles. The second-order valence-electron chi connectivity index (χ2n) is 10.5. The number of hydrogen-bond donors (Lipinski definition) is 3. The average Bonchev–Trinajstić information content (AvgIpc) is 3.59. The molecule has 0 unspecified atom stereocenters. The number of aromatic nitrogens is 6. The summed E-state index contributed by atoms with van der Waals surface area (Å²) < 4.78 is 37.9. The van der Waals surface area contributed by atoms with Crippen molar-refractivity contribution >= 4 is 43.4 Å². The Hall–Kier alpha value is -4.97. The number of aromatic amines is 2. The molecule has 0 bridgehead atoms.